The van der Waals surface area contributed by atoms with E-state index in [0.717, 1.165) is 34.9 Å². The van der Waals surface area contributed by atoms with Crippen LogP contribution in [0.5, 0.6) is 0 Å². The van der Waals surface area contributed by atoms with Crippen molar-refractivity contribution in [2.24, 2.45) is 5.41 Å². The van der Waals surface area contributed by atoms with E-state index in [1.54, 1.807) is 17.0 Å². The van der Waals surface area contributed by atoms with Crippen molar-refractivity contribution in [3.05, 3.63) is 69.8 Å². The molecule has 1 heterocycles. The summed E-state index contributed by atoms with van der Waals surface area (Å²) in [6, 6.07) is 13.6. The lowest BCUT2D eigenvalue weighted by Crippen LogP contribution is -2.47. The lowest BCUT2D eigenvalue weighted by molar-refractivity contribution is -0.145. The molecule has 188 valence electrons. The van der Waals surface area contributed by atoms with Crippen LogP contribution < -0.4 is 0 Å². The molecule has 7 heteroatoms. The lowest BCUT2D eigenvalue weighted by Gasteiger charge is -2.31. The van der Waals surface area contributed by atoms with E-state index in [2.05, 4.69) is 18.0 Å². The second kappa shape index (κ2) is 12.0. The number of aromatic nitrogens is 1. The van der Waals surface area contributed by atoms with Gasteiger partial charge in [-0.05, 0) is 42.2 Å². The minimum absolute atomic E-state index is 0.00887. The Bertz CT molecular complexity index is 1170. The molecule has 0 saturated heterocycles. The van der Waals surface area contributed by atoms with E-state index in [-0.39, 0.29) is 18.4 Å². The van der Waals surface area contributed by atoms with Gasteiger partial charge in [-0.2, -0.15) is 0 Å². The normalized spacial score (nSPS) is 11.6. The summed E-state index contributed by atoms with van der Waals surface area (Å²) in [5.74, 6) is -0.0879. The minimum atomic E-state index is -0.549. The molecule has 2 amide bonds. The number of para-hydroxylation sites is 1. The van der Waals surface area contributed by atoms with Crippen LogP contribution in [-0.2, 0) is 22.6 Å². The van der Waals surface area contributed by atoms with Gasteiger partial charge in [-0.25, -0.2) is 0 Å². The number of halogens is 2. The van der Waals surface area contributed by atoms with Crippen LogP contribution in [0.25, 0.3) is 10.9 Å². The van der Waals surface area contributed by atoms with Gasteiger partial charge < -0.3 is 14.8 Å². The Kier molecular flexibility index (Phi) is 9.26. The molecule has 0 unspecified atom stereocenters. The number of amides is 2. The van der Waals surface area contributed by atoms with E-state index in [0.29, 0.717) is 36.1 Å². The van der Waals surface area contributed by atoms with Gasteiger partial charge in [-0.15, -0.1) is 0 Å². The predicted octanol–water partition coefficient (Wildman–Crippen LogP) is 6.72. The molecular formula is C28H35Cl2N3O2. The zero-order chi connectivity index (χ0) is 25.6. The Labute approximate surface area is 218 Å². The second-order valence-electron chi connectivity index (χ2n) is 10.0. The van der Waals surface area contributed by atoms with Gasteiger partial charge in [0.05, 0.1) is 16.6 Å². The molecule has 0 radical (unpaired) electrons. The van der Waals surface area contributed by atoms with Crippen LogP contribution in [0, 0.1) is 5.41 Å². The maximum Gasteiger partial charge on any atom is 0.242 e. The lowest BCUT2D eigenvalue weighted by atomic mass is 9.94. The van der Waals surface area contributed by atoms with E-state index >= 15 is 0 Å². The minimum Gasteiger partial charge on any atom is -0.361 e. The summed E-state index contributed by atoms with van der Waals surface area (Å²) < 4.78 is 0. The van der Waals surface area contributed by atoms with Gasteiger partial charge in [0.2, 0.25) is 11.8 Å². The predicted molar refractivity (Wildman–Crippen MR) is 145 cm³/mol. The number of carbonyl (C=O) groups is 2. The molecule has 0 bridgehead atoms. The molecule has 3 aromatic rings. The van der Waals surface area contributed by atoms with Crippen LogP contribution in [0.3, 0.4) is 0 Å². The second-order valence-corrected chi connectivity index (χ2v) is 10.8. The summed E-state index contributed by atoms with van der Waals surface area (Å²) >= 11 is 12.3. The number of H-pyrrole nitrogens is 1. The molecule has 2 aromatic carbocycles. The Hall–Kier alpha value is -2.50. The van der Waals surface area contributed by atoms with Crippen LogP contribution in [0.15, 0.2) is 48.7 Å². The van der Waals surface area contributed by atoms with Crippen molar-refractivity contribution in [2.45, 2.75) is 53.5 Å². The van der Waals surface area contributed by atoms with Crippen LogP contribution in [-0.4, -0.2) is 46.2 Å². The Balaban J connectivity index is 1.82. The summed E-state index contributed by atoms with van der Waals surface area (Å²) in [6.45, 7) is 9.30. The Morgan fingerprint density at radius 1 is 0.971 bits per heavy atom. The van der Waals surface area contributed by atoms with Gasteiger partial charge in [0.1, 0.15) is 0 Å². The highest BCUT2D eigenvalue weighted by molar-refractivity contribution is 6.42. The van der Waals surface area contributed by atoms with Gasteiger partial charge in [-0.3, -0.25) is 9.59 Å². The molecule has 5 nitrogen and oxygen atoms in total. The number of fused-ring (bicyclic) bond motifs is 1. The maximum atomic E-state index is 13.6. The fourth-order valence-corrected chi connectivity index (χ4v) is 4.40. The van der Waals surface area contributed by atoms with Crippen LogP contribution in [0.2, 0.25) is 10.0 Å². The standard InChI is InChI=1S/C28H35Cl2N3O2/c1-5-6-14-33(27(35)28(2,3)4)19-26(34)32(18-20-11-12-23(29)24(30)16-20)15-13-21-17-31-25-10-8-7-9-22(21)25/h7-12,16-17,31H,5-6,13-15,18-19H2,1-4H3. The monoisotopic (exact) mass is 515 g/mol. The summed E-state index contributed by atoms with van der Waals surface area (Å²) in [4.78, 5) is 33.5. The number of hydrogen-bond acceptors (Lipinski definition) is 2. The first-order chi connectivity index (χ1) is 16.6. The highest BCUT2D eigenvalue weighted by Crippen LogP contribution is 2.24. The largest absolute Gasteiger partial charge is 0.361 e. The smallest absolute Gasteiger partial charge is 0.242 e. The number of carbonyl (C=O) groups excluding carboxylic acids is 2. The number of nitrogens with zero attached hydrogens (tertiary/aromatic N) is 2. The van der Waals surface area contributed by atoms with E-state index in [1.165, 1.54) is 0 Å². The first-order valence-corrected chi connectivity index (χ1v) is 12.9. The van der Waals surface area contributed by atoms with Crippen molar-refractivity contribution in [2.75, 3.05) is 19.6 Å². The van der Waals surface area contributed by atoms with Crippen molar-refractivity contribution in [3.63, 3.8) is 0 Å². The number of hydrogen-bond donors (Lipinski definition) is 1. The van der Waals surface area contributed by atoms with Crippen molar-refractivity contribution in [3.8, 4) is 0 Å². The molecule has 0 atom stereocenters. The fourth-order valence-electron chi connectivity index (χ4n) is 4.08. The highest BCUT2D eigenvalue weighted by atomic mass is 35.5. The molecule has 0 aliphatic rings. The van der Waals surface area contributed by atoms with Crippen LogP contribution in [0.4, 0.5) is 0 Å². The van der Waals surface area contributed by atoms with Crippen molar-refractivity contribution in [1.82, 2.24) is 14.8 Å². The molecule has 0 spiro atoms. The molecule has 0 fully saturated rings. The van der Waals surface area contributed by atoms with Crippen LogP contribution in [0.1, 0.15) is 51.7 Å². The van der Waals surface area contributed by atoms with E-state index in [1.807, 2.05) is 56.1 Å². The number of benzene rings is 2. The molecule has 1 aromatic heterocycles. The van der Waals surface area contributed by atoms with Gasteiger partial charge >= 0.3 is 0 Å². The molecule has 3 rings (SSSR count). The van der Waals surface area contributed by atoms with E-state index in [9.17, 15) is 9.59 Å². The number of rotatable bonds is 10. The fraction of sp³-hybridized carbons (Fsp3) is 0.429. The number of unbranched alkanes of at least 4 members (excludes halogenated alkanes) is 1. The Morgan fingerprint density at radius 3 is 2.40 bits per heavy atom. The van der Waals surface area contributed by atoms with Crippen molar-refractivity contribution >= 4 is 45.9 Å². The summed E-state index contributed by atoms with van der Waals surface area (Å²) in [5, 5.41) is 2.09. The van der Waals surface area contributed by atoms with E-state index < -0.39 is 5.41 Å². The van der Waals surface area contributed by atoms with Gasteiger partial charge in [0.25, 0.3) is 0 Å². The van der Waals surface area contributed by atoms with E-state index in [4.69, 9.17) is 23.2 Å². The molecule has 35 heavy (non-hydrogen) atoms. The van der Waals surface area contributed by atoms with Gasteiger partial charge in [-0.1, -0.05) is 81.6 Å². The highest BCUT2D eigenvalue weighted by Gasteiger charge is 2.29. The Morgan fingerprint density at radius 2 is 1.71 bits per heavy atom. The van der Waals surface area contributed by atoms with Gasteiger partial charge in [0, 0.05) is 42.1 Å². The molecule has 0 aliphatic heterocycles. The zero-order valence-electron chi connectivity index (χ0n) is 21.0. The zero-order valence-corrected chi connectivity index (χ0v) is 22.5. The first kappa shape index (κ1) is 27.1. The number of nitrogens with one attached hydrogen (secondary N) is 1. The third-order valence-corrected chi connectivity index (χ3v) is 6.81. The van der Waals surface area contributed by atoms with Crippen LogP contribution >= 0.6 is 23.2 Å². The van der Waals surface area contributed by atoms with Gasteiger partial charge in [0.15, 0.2) is 0 Å². The molecule has 1 N–H and O–H groups in total. The summed E-state index contributed by atoms with van der Waals surface area (Å²) in [7, 11) is 0. The van der Waals surface area contributed by atoms with Crippen molar-refractivity contribution < 1.29 is 9.59 Å². The number of aromatic amines is 1. The molecule has 0 aliphatic carbocycles. The SMILES string of the molecule is CCCCN(CC(=O)N(CCc1c[nH]c2ccccc12)Cc1ccc(Cl)c(Cl)c1)C(=O)C(C)(C)C. The summed E-state index contributed by atoms with van der Waals surface area (Å²) in [5.41, 5.74) is 2.58. The maximum absolute atomic E-state index is 13.6. The third-order valence-electron chi connectivity index (χ3n) is 6.07. The quantitative estimate of drug-likeness (QED) is 0.325. The topological polar surface area (TPSA) is 56.4 Å². The summed E-state index contributed by atoms with van der Waals surface area (Å²) in [6.07, 6.45) is 4.51. The average molecular weight is 517 g/mol. The first-order valence-electron chi connectivity index (χ1n) is 12.2. The van der Waals surface area contributed by atoms with Crippen molar-refractivity contribution in [1.29, 1.82) is 0 Å². The third kappa shape index (κ3) is 7.25. The average Bonchev–Trinajstić information content (AvgIpc) is 3.23. The molecule has 0 saturated carbocycles. The molecular weight excluding hydrogens is 481 g/mol.